The van der Waals surface area contributed by atoms with E-state index in [4.69, 9.17) is 4.98 Å². The second-order valence-corrected chi connectivity index (χ2v) is 5.83. The Morgan fingerprint density at radius 3 is 3.05 bits per heavy atom. The number of aryl methyl sites for hydroxylation is 1. The van der Waals surface area contributed by atoms with Crippen LogP contribution >= 0.6 is 11.3 Å². The molecule has 6 nitrogen and oxygen atoms in total. The molecule has 2 aromatic heterocycles. The third-order valence-electron chi connectivity index (χ3n) is 3.56. The van der Waals surface area contributed by atoms with Crippen molar-refractivity contribution in [1.82, 2.24) is 25.1 Å². The van der Waals surface area contributed by atoms with E-state index in [9.17, 15) is 0 Å². The molecule has 1 aliphatic rings. The minimum absolute atomic E-state index is 0.347. The number of fused-ring (bicyclic) bond motifs is 1. The first-order chi connectivity index (χ1) is 9.19. The van der Waals surface area contributed by atoms with Gasteiger partial charge in [-0.1, -0.05) is 11.3 Å². The lowest BCUT2D eigenvalue weighted by molar-refractivity contribution is 0.559. The highest BCUT2D eigenvalue weighted by Crippen LogP contribution is 2.31. The molecule has 1 unspecified atom stereocenters. The zero-order valence-corrected chi connectivity index (χ0v) is 12.2. The molecule has 1 aliphatic heterocycles. The molecule has 3 rings (SSSR count). The Balaban J connectivity index is 1.84. The molecule has 2 aromatic rings. The van der Waals surface area contributed by atoms with Crippen LogP contribution < -0.4 is 10.2 Å². The van der Waals surface area contributed by atoms with Gasteiger partial charge in [-0.15, -0.1) is 10.2 Å². The van der Waals surface area contributed by atoms with Gasteiger partial charge < -0.3 is 14.8 Å². The van der Waals surface area contributed by atoms with E-state index >= 15 is 0 Å². The molecule has 0 spiro atoms. The van der Waals surface area contributed by atoms with Crippen molar-refractivity contribution in [1.29, 1.82) is 0 Å². The first-order valence-corrected chi connectivity index (χ1v) is 7.27. The minimum atomic E-state index is 0.347. The molecular formula is C12H18N6S. The van der Waals surface area contributed by atoms with Gasteiger partial charge in [0.2, 0.25) is 0 Å². The Kier molecular flexibility index (Phi) is 3.24. The lowest BCUT2D eigenvalue weighted by atomic mass is 10.2. The summed E-state index contributed by atoms with van der Waals surface area (Å²) in [5.41, 5.74) is 1.12. The van der Waals surface area contributed by atoms with E-state index < -0.39 is 0 Å². The van der Waals surface area contributed by atoms with Gasteiger partial charge >= 0.3 is 0 Å². The second-order valence-electron chi connectivity index (χ2n) is 4.82. The Bertz CT molecular complexity index is 575. The first kappa shape index (κ1) is 12.6. The maximum atomic E-state index is 4.71. The predicted molar refractivity (Wildman–Crippen MR) is 75.4 cm³/mol. The normalized spacial score (nSPS) is 16.5. The molecule has 0 bridgehead atoms. The van der Waals surface area contributed by atoms with E-state index in [1.165, 1.54) is 4.88 Å². The molecule has 7 heteroatoms. The van der Waals surface area contributed by atoms with Crippen LogP contribution in [0.15, 0.2) is 6.33 Å². The Morgan fingerprint density at radius 2 is 2.26 bits per heavy atom. The van der Waals surface area contributed by atoms with Crippen LogP contribution in [0.4, 0.5) is 5.13 Å². The molecule has 0 aromatic carbocycles. The maximum absolute atomic E-state index is 4.71. The van der Waals surface area contributed by atoms with Crippen molar-refractivity contribution in [3.05, 3.63) is 22.7 Å². The monoisotopic (exact) mass is 278 g/mol. The van der Waals surface area contributed by atoms with Gasteiger partial charge in [0.15, 0.2) is 11.0 Å². The Labute approximate surface area is 116 Å². The minimum Gasteiger partial charge on any atom is -0.339 e. The largest absolute Gasteiger partial charge is 0.339 e. The fourth-order valence-electron chi connectivity index (χ4n) is 2.29. The molecule has 0 radical (unpaired) electrons. The molecule has 0 aliphatic carbocycles. The number of anilines is 1. The van der Waals surface area contributed by atoms with Gasteiger partial charge in [-0.25, -0.2) is 4.98 Å². The first-order valence-electron chi connectivity index (χ1n) is 6.45. The smallest absolute Gasteiger partial charge is 0.186 e. The van der Waals surface area contributed by atoms with Crippen molar-refractivity contribution in [2.45, 2.75) is 33.0 Å². The summed E-state index contributed by atoms with van der Waals surface area (Å²) in [6.45, 7) is 6.93. The van der Waals surface area contributed by atoms with Crippen LogP contribution in [0.2, 0.25) is 0 Å². The molecule has 0 saturated carbocycles. The van der Waals surface area contributed by atoms with E-state index in [1.54, 1.807) is 17.7 Å². The van der Waals surface area contributed by atoms with Crippen molar-refractivity contribution in [2.24, 2.45) is 0 Å². The molecule has 1 N–H and O–H groups in total. The molecule has 3 heterocycles. The standard InChI is InChI=1S/C12H18N6S/c1-8(13-3)11-9(2)15-12(19-11)17-4-5-18-7-14-16-10(18)6-17/h7-8,13H,4-6H2,1-3H3. The van der Waals surface area contributed by atoms with E-state index in [1.807, 2.05) is 7.05 Å². The number of nitrogens with one attached hydrogen (secondary N) is 1. The van der Waals surface area contributed by atoms with Crippen LogP contribution in [0.1, 0.15) is 29.4 Å². The number of hydrogen-bond donors (Lipinski definition) is 1. The van der Waals surface area contributed by atoms with Gasteiger partial charge in [-0.05, 0) is 20.9 Å². The molecule has 1 atom stereocenters. The van der Waals surface area contributed by atoms with E-state index in [-0.39, 0.29) is 0 Å². The van der Waals surface area contributed by atoms with Crippen molar-refractivity contribution in [2.75, 3.05) is 18.5 Å². The third-order valence-corrected chi connectivity index (χ3v) is 4.96. The fraction of sp³-hybridized carbons (Fsp3) is 0.583. The summed E-state index contributed by atoms with van der Waals surface area (Å²) in [7, 11) is 1.98. The lowest BCUT2D eigenvalue weighted by Gasteiger charge is -2.26. The molecule has 0 saturated heterocycles. The van der Waals surface area contributed by atoms with E-state index in [2.05, 4.69) is 38.8 Å². The average molecular weight is 278 g/mol. The van der Waals surface area contributed by atoms with Crippen LogP contribution in [-0.4, -0.2) is 33.3 Å². The summed E-state index contributed by atoms with van der Waals surface area (Å²) in [6.07, 6.45) is 1.80. The highest BCUT2D eigenvalue weighted by atomic mass is 32.1. The summed E-state index contributed by atoms with van der Waals surface area (Å²) in [5, 5.41) is 12.5. The zero-order chi connectivity index (χ0) is 13.4. The number of aromatic nitrogens is 4. The van der Waals surface area contributed by atoms with Gasteiger partial charge in [0, 0.05) is 24.0 Å². The highest BCUT2D eigenvalue weighted by molar-refractivity contribution is 7.15. The summed E-state index contributed by atoms with van der Waals surface area (Å²) in [4.78, 5) is 8.30. The lowest BCUT2D eigenvalue weighted by Crippen LogP contribution is -2.33. The fourth-order valence-corrected chi connectivity index (χ4v) is 3.44. The quantitative estimate of drug-likeness (QED) is 0.918. The topological polar surface area (TPSA) is 58.9 Å². The average Bonchev–Trinajstić information content (AvgIpc) is 3.03. The van der Waals surface area contributed by atoms with Crippen LogP contribution in [0.25, 0.3) is 0 Å². The number of rotatable bonds is 3. The zero-order valence-electron chi connectivity index (χ0n) is 11.4. The SMILES string of the molecule is CNC(C)c1sc(N2CCn3cnnc3C2)nc1C. The molecule has 102 valence electrons. The molecular weight excluding hydrogens is 260 g/mol. The number of nitrogens with zero attached hydrogens (tertiary/aromatic N) is 5. The summed E-state index contributed by atoms with van der Waals surface area (Å²) < 4.78 is 2.11. The van der Waals surface area contributed by atoms with Gasteiger partial charge in [-0.3, -0.25) is 0 Å². The highest BCUT2D eigenvalue weighted by Gasteiger charge is 2.22. The summed E-state index contributed by atoms with van der Waals surface area (Å²) in [6, 6.07) is 0.347. The van der Waals surface area contributed by atoms with Crippen molar-refractivity contribution in [3.8, 4) is 0 Å². The third kappa shape index (κ3) is 2.23. The predicted octanol–water partition coefficient (Wildman–Crippen LogP) is 1.34. The van der Waals surface area contributed by atoms with Crippen LogP contribution in [0.3, 0.4) is 0 Å². The maximum Gasteiger partial charge on any atom is 0.186 e. The molecule has 0 amide bonds. The van der Waals surface area contributed by atoms with E-state index in [0.717, 1.165) is 36.3 Å². The number of thiazole rings is 1. The van der Waals surface area contributed by atoms with E-state index in [0.29, 0.717) is 6.04 Å². The van der Waals surface area contributed by atoms with Crippen LogP contribution in [-0.2, 0) is 13.1 Å². The Morgan fingerprint density at radius 1 is 1.42 bits per heavy atom. The molecule has 0 fully saturated rings. The Hall–Kier alpha value is -1.47. The summed E-state index contributed by atoms with van der Waals surface area (Å²) in [5.74, 6) is 1.02. The second kappa shape index (κ2) is 4.90. The van der Waals surface area contributed by atoms with Gasteiger partial charge in [-0.2, -0.15) is 0 Å². The van der Waals surface area contributed by atoms with Gasteiger partial charge in [0.1, 0.15) is 6.33 Å². The van der Waals surface area contributed by atoms with Crippen molar-refractivity contribution in [3.63, 3.8) is 0 Å². The van der Waals surface area contributed by atoms with Crippen molar-refractivity contribution >= 4 is 16.5 Å². The van der Waals surface area contributed by atoms with Crippen LogP contribution in [0, 0.1) is 6.92 Å². The summed E-state index contributed by atoms with van der Waals surface area (Å²) >= 11 is 1.77. The van der Waals surface area contributed by atoms with Gasteiger partial charge in [0.05, 0.1) is 12.2 Å². The number of hydrogen-bond acceptors (Lipinski definition) is 6. The van der Waals surface area contributed by atoms with Crippen LogP contribution in [0.5, 0.6) is 0 Å². The van der Waals surface area contributed by atoms with Crippen molar-refractivity contribution < 1.29 is 0 Å². The molecule has 19 heavy (non-hydrogen) atoms. The van der Waals surface area contributed by atoms with Gasteiger partial charge in [0.25, 0.3) is 0 Å².